The average Bonchev–Trinajstić information content (AvgIpc) is 3.02. The van der Waals surface area contributed by atoms with E-state index in [4.69, 9.17) is 0 Å². The summed E-state index contributed by atoms with van der Waals surface area (Å²) in [7, 11) is 0. The van der Waals surface area contributed by atoms with Gasteiger partial charge in [0.2, 0.25) is 5.91 Å². The zero-order chi connectivity index (χ0) is 16.1. The number of nitrogens with one attached hydrogen (secondary N) is 1. The van der Waals surface area contributed by atoms with Crippen LogP contribution >= 0.6 is 27.3 Å². The van der Waals surface area contributed by atoms with E-state index in [-0.39, 0.29) is 5.91 Å². The fourth-order valence-electron chi connectivity index (χ4n) is 2.00. The molecule has 2 aromatic carbocycles. The molecule has 0 aliphatic carbocycles. The molecular formula is C18H13BrN2OS. The van der Waals surface area contributed by atoms with E-state index < -0.39 is 0 Å². The lowest BCUT2D eigenvalue weighted by molar-refractivity contribution is -0.111. The molecule has 0 saturated carbocycles. The van der Waals surface area contributed by atoms with E-state index in [2.05, 4.69) is 26.2 Å². The zero-order valence-corrected chi connectivity index (χ0v) is 14.5. The smallest absolute Gasteiger partial charge is 0.250 e. The van der Waals surface area contributed by atoms with Gasteiger partial charge in [0.05, 0.1) is 5.69 Å². The summed E-state index contributed by atoms with van der Waals surface area (Å²) in [4.78, 5) is 16.4. The molecule has 0 unspecified atom stereocenters. The van der Waals surface area contributed by atoms with E-state index >= 15 is 0 Å². The van der Waals surface area contributed by atoms with Gasteiger partial charge in [-0.25, -0.2) is 4.98 Å². The van der Waals surface area contributed by atoms with Crippen molar-refractivity contribution in [3.63, 3.8) is 0 Å². The molecule has 0 saturated heterocycles. The topological polar surface area (TPSA) is 42.0 Å². The van der Waals surface area contributed by atoms with E-state index in [1.807, 2.05) is 60.0 Å². The third-order valence-electron chi connectivity index (χ3n) is 3.08. The standard InChI is InChI=1S/C18H13BrN2OS/c19-15-8-4-5-13(11-15)9-10-17(22)21-18-20-16(12-23-18)14-6-2-1-3-7-14/h1-12H,(H,20,21,22). The van der Waals surface area contributed by atoms with Crippen molar-refractivity contribution in [1.29, 1.82) is 0 Å². The van der Waals surface area contributed by atoms with Gasteiger partial charge < -0.3 is 0 Å². The van der Waals surface area contributed by atoms with Gasteiger partial charge in [0.15, 0.2) is 5.13 Å². The highest BCUT2D eigenvalue weighted by Crippen LogP contribution is 2.24. The molecule has 0 bridgehead atoms. The first-order valence-corrected chi connectivity index (χ1v) is 8.63. The summed E-state index contributed by atoms with van der Waals surface area (Å²) in [5, 5.41) is 5.31. The maximum absolute atomic E-state index is 12.0. The molecule has 1 heterocycles. The molecule has 0 radical (unpaired) electrons. The monoisotopic (exact) mass is 384 g/mol. The van der Waals surface area contributed by atoms with Crippen LogP contribution in [-0.2, 0) is 4.79 Å². The van der Waals surface area contributed by atoms with E-state index in [1.54, 1.807) is 6.08 Å². The molecule has 0 aliphatic rings. The minimum Gasteiger partial charge on any atom is -0.298 e. The summed E-state index contributed by atoms with van der Waals surface area (Å²) in [5.41, 5.74) is 2.86. The van der Waals surface area contributed by atoms with E-state index in [1.165, 1.54) is 17.4 Å². The Labute approximate surface area is 146 Å². The second-order valence-corrected chi connectivity index (χ2v) is 6.56. The number of carbonyl (C=O) groups excluding carboxylic acids is 1. The van der Waals surface area contributed by atoms with E-state index in [0.717, 1.165) is 21.3 Å². The van der Waals surface area contributed by atoms with Gasteiger partial charge in [-0.2, -0.15) is 0 Å². The van der Waals surface area contributed by atoms with Crippen LogP contribution in [0.5, 0.6) is 0 Å². The molecule has 0 fully saturated rings. The van der Waals surface area contributed by atoms with Crippen molar-refractivity contribution in [2.45, 2.75) is 0 Å². The molecule has 1 N–H and O–H groups in total. The summed E-state index contributed by atoms with van der Waals surface area (Å²) < 4.78 is 0.979. The van der Waals surface area contributed by atoms with Gasteiger partial charge >= 0.3 is 0 Å². The first-order chi connectivity index (χ1) is 11.2. The number of anilines is 1. The summed E-state index contributed by atoms with van der Waals surface area (Å²) in [6.45, 7) is 0. The van der Waals surface area contributed by atoms with Crippen molar-refractivity contribution in [2.75, 3.05) is 5.32 Å². The predicted octanol–water partition coefficient (Wildman–Crippen LogP) is 5.22. The minimum absolute atomic E-state index is 0.195. The highest BCUT2D eigenvalue weighted by atomic mass is 79.9. The van der Waals surface area contributed by atoms with Crippen molar-refractivity contribution in [1.82, 2.24) is 4.98 Å². The summed E-state index contributed by atoms with van der Waals surface area (Å²) >= 11 is 4.82. The largest absolute Gasteiger partial charge is 0.298 e. The molecule has 0 spiro atoms. The number of amides is 1. The van der Waals surface area contributed by atoms with Crippen LogP contribution < -0.4 is 5.32 Å². The normalized spacial score (nSPS) is 10.8. The lowest BCUT2D eigenvalue weighted by Crippen LogP contribution is -2.07. The van der Waals surface area contributed by atoms with Crippen molar-refractivity contribution in [3.8, 4) is 11.3 Å². The van der Waals surface area contributed by atoms with Gasteiger partial charge in [-0.15, -0.1) is 11.3 Å². The molecule has 1 amide bonds. The van der Waals surface area contributed by atoms with Gasteiger partial charge in [-0.05, 0) is 23.8 Å². The van der Waals surface area contributed by atoms with Crippen LogP contribution in [0.1, 0.15) is 5.56 Å². The van der Waals surface area contributed by atoms with Gasteiger partial charge in [-0.3, -0.25) is 10.1 Å². The first kappa shape index (κ1) is 15.6. The van der Waals surface area contributed by atoms with Gasteiger partial charge in [0, 0.05) is 21.5 Å². The third-order valence-corrected chi connectivity index (χ3v) is 4.33. The number of aromatic nitrogens is 1. The van der Waals surface area contributed by atoms with Crippen molar-refractivity contribution in [3.05, 3.63) is 76.1 Å². The van der Waals surface area contributed by atoms with Crippen LogP contribution in [0.15, 0.2) is 70.5 Å². The Morgan fingerprint density at radius 2 is 1.96 bits per heavy atom. The molecule has 3 aromatic rings. The van der Waals surface area contributed by atoms with E-state index in [9.17, 15) is 4.79 Å². The maximum Gasteiger partial charge on any atom is 0.250 e. The van der Waals surface area contributed by atoms with Crippen LogP contribution in [0.2, 0.25) is 0 Å². The predicted molar refractivity (Wildman–Crippen MR) is 99.4 cm³/mol. The Bertz CT molecular complexity index is 843. The van der Waals surface area contributed by atoms with Crippen LogP contribution in [0, 0.1) is 0 Å². The second-order valence-electron chi connectivity index (χ2n) is 4.78. The van der Waals surface area contributed by atoms with Crippen LogP contribution in [0.4, 0.5) is 5.13 Å². The molecule has 0 aliphatic heterocycles. The van der Waals surface area contributed by atoms with Gasteiger partial charge in [-0.1, -0.05) is 58.4 Å². The summed E-state index contributed by atoms with van der Waals surface area (Å²) in [6, 6.07) is 17.6. The number of benzene rings is 2. The van der Waals surface area contributed by atoms with Gasteiger partial charge in [0.1, 0.15) is 0 Å². The molecule has 114 valence electrons. The Morgan fingerprint density at radius 1 is 1.13 bits per heavy atom. The molecule has 1 aromatic heterocycles. The third kappa shape index (κ3) is 4.37. The molecular weight excluding hydrogens is 372 g/mol. The van der Waals surface area contributed by atoms with Crippen molar-refractivity contribution < 1.29 is 4.79 Å². The van der Waals surface area contributed by atoms with Crippen LogP contribution in [0.25, 0.3) is 17.3 Å². The highest BCUT2D eigenvalue weighted by Gasteiger charge is 2.05. The fourth-order valence-corrected chi connectivity index (χ4v) is 3.14. The maximum atomic E-state index is 12.0. The minimum atomic E-state index is -0.195. The summed E-state index contributed by atoms with van der Waals surface area (Å²) in [5.74, 6) is -0.195. The number of carbonyl (C=O) groups is 1. The number of nitrogens with zero attached hydrogens (tertiary/aromatic N) is 1. The Morgan fingerprint density at radius 3 is 2.74 bits per heavy atom. The zero-order valence-electron chi connectivity index (χ0n) is 12.1. The van der Waals surface area contributed by atoms with Crippen molar-refractivity contribution >= 4 is 44.4 Å². The van der Waals surface area contributed by atoms with Crippen LogP contribution in [0.3, 0.4) is 0 Å². The van der Waals surface area contributed by atoms with E-state index in [0.29, 0.717) is 5.13 Å². The Kier molecular flexibility index (Phi) is 5.00. The quantitative estimate of drug-likeness (QED) is 0.626. The average molecular weight is 385 g/mol. The fraction of sp³-hybridized carbons (Fsp3) is 0. The van der Waals surface area contributed by atoms with Crippen molar-refractivity contribution in [2.24, 2.45) is 0 Å². The molecule has 3 rings (SSSR count). The molecule has 5 heteroatoms. The second kappa shape index (κ2) is 7.35. The lowest BCUT2D eigenvalue weighted by atomic mass is 10.2. The number of thiazole rings is 1. The number of hydrogen-bond donors (Lipinski definition) is 1. The molecule has 23 heavy (non-hydrogen) atoms. The lowest BCUT2D eigenvalue weighted by Gasteiger charge is -1.97. The Balaban J connectivity index is 1.66. The number of rotatable bonds is 4. The van der Waals surface area contributed by atoms with Gasteiger partial charge in [0.25, 0.3) is 0 Å². The number of halogens is 1. The summed E-state index contributed by atoms with van der Waals surface area (Å²) in [6.07, 6.45) is 3.27. The highest BCUT2D eigenvalue weighted by molar-refractivity contribution is 9.10. The first-order valence-electron chi connectivity index (χ1n) is 6.96. The number of hydrogen-bond acceptors (Lipinski definition) is 3. The molecule has 3 nitrogen and oxygen atoms in total. The molecule has 0 atom stereocenters. The SMILES string of the molecule is O=C(C=Cc1cccc(Br)c1)Nc1nc(-c2ccccc2)cs1. The Hall–Kier alpha value is -2.24. The van der Waals surface area contributed by atoms with Crippen LogP contribution in [-0.4, -0.2) is 10.9 Å².